The van der Waals surface area contributed by atoms with Gasteiger partial charge in [-0.05, 0) is 51.0 Å². The molecule has 0 saturated carbocycles. The molecule has 30 heavy (non-hydrogen) atoms. The number of carbonyl (C=O) groups excluding carboxylic acids is 1. The summed E-state index contributed by atoms with van der Waals surface area (Å²) in [5.41, 5.74) is 2.67. The Morgan fingerprint density at radius 2 is 1.93 bits per heavy atom. The van der Waals surface area contributed by atoms with Crippen LogP contribution in [0.2, 0.25) is 10.0 Å². The van der Waals surface area contributed by atoms with E-state index in [1.807, 2.05) is 19.1 Å². The van der Waals surface area contributed by atoms with Gasteiger partial charge in [0.2, 0.25) is 5.91 Å². The molecule has 1 heterocycles. The minimum absolute atomic E-state index is 0.169. The average Bonchev–Trinajstić information content (AvgIpc) is 2.75. The summed E-state index contributed by atoms with van der Waals surface area (Å²) in [5, 5.41) is 7.24. The Labute approximate surface area is 188 Å². The third-order valence-corrected chi connectivity index (χ3v) is 6.27. The van der Waals surface area contributed by atoms with E-state index in [2.05, 4.69) is 23.6 Å². The number of rotatable bonds is 7. The number of amides is 1. The van der Waals surface area contributed by atoms with Crippen LogP contribution in [0, 0.1) is 6.92 Å². The van der Waals surface area contributed by atoms with Crippen molar-refractivity contribution in [2.75, 3.05) is 32.2 Å². The van der Waals surface area contributed by atoms with Gasteiger partial charge in [0.05, 0.1) is 23.9 Å². The molecule has 2 aromatic carbocycles. The Kier molecular flexibility index (Phi) is 7.64. The smallest absolute Gasteiger partial charge is 0.241 e. The van der Waals surface area contributed by atoms with Crippen LogP contribution in [0.1, 0.15) is 30.9 Å². The van der Waals surface area contributed by atoms with E-state index < -0.39 is 6.04 Å². The van der Waals surface area contributed by atoms with E-state index in [-0.39, 0.29) is 11.3 Å². The van der Waals surface area contributed by atoms with E-state index in [1.165, 1.54) is 5.56 Å². The van der Waals surface area contributed by atoms with Gasteiger partial charge in [0.15, 0.2) is 0 Å². The van der Waals surface area contributed by atoms with E-state index in [1.54, 1.807) is 25.3 Å². The van der Waals surface area contributed by atoms with Gasteiger partial charge in [-0.15, -0.1) is 0 Å². The first-order chi connectivity index (χ1) is 14.3. The average molecular weight is 451 g/mol. The molecule has 1 saturated heterocycles. The molecule has 7 heteroatoms. The topological polar surface area (TPSA) is 59.6 Å². The fourth-order valence-electron chi connectivity index (χ4n) is 3.82. The lowest BCUT2D eigenvalue weighted by atomic mass is 9.73. The maximum Gasteiger partial charge on any atom is 0.241 e. The molecule has 1 aliphatic rings. The molecule has 0 bridgehead atoms. The normalized spacial score (nSPS) is 16.7. The van der Waals surface area contributed by atoms with Crippen LogP contribution in [0.4, 0.5) is 5.69 Å². The lowest BCUT2D eigenvalue weighted by Gasteiger charge is -2.39. The van der Waals surface area contributed by atoms with E-state index >= 15 is 0 Å². The zero-order chi connectivity index (χ0) is 21.7. The molecular weight excluding hydrogens is 423 g/mol. The first kappa shape index (κ1) is 22.9. The fourth-order valence-corrected chi connectivity index (χ4v) is 4.15. The zero-order valence-electron chi connectivity index (χ0n) is 17.6. The van der Waals surface area contributed by atoms with E-state index in [4.69, 9.17) is 32.7 Å². The summed E-state index contributed by atoms with van der Waals surface area (Å²) in [7, 11) is 1.69. The molecule has 1 aliphatic heterocycles. The molecule has 1 atom stereocenters. The molecular formula is C23H28Cl2N2O3. The second-order valence-electron chi connectivity index (χ2n) is 7.81. The molecule has 2 aromatic rings. The van der Waals surface area contributed by atoms with Crippen molar-refractivity contribution in [1.29, 1.82) is 0 Å². The summed E-state index contributed by atoms with van der Waals surface area (Å²) in [6.07, 6.45) is 1.71. The molecule has 0 radical (unpaired) electrons. The van der Waals surface area contributed by atoms with Gasteiger partial charge in [0.1, 0.15) is 5.75 Å². The van der Waals surface area contributed by atoms with Gasteiger partial charge in [-0.3, -0.25) is 4.79 Å². The van der Waals surface area contributed by atoms with Crippen LogP contribution < -0.4 is 15.4 Å². The zero-order valence-corrected chi connectivity index (χ0v) is 19.1. The van der Waals surface area contributed by atoms with Gasteiger partial charge in [-0.25, -0.2) is 0 Å². The Morgan fingerprint density at radius 1 is 1.20 bits per heavy atom. The van der Waals surface area contributed by atoms with Crippen LogP contribution in [0.5, 0.6) is 5.75 Å². The van der Waals surface area contributed by atoms with Crippen molar-refractivity contribution in [3.05, 3.63) is 57.6 Å². The maximum atomic E-state index is 12.7. The van der Waals surface area contributed by atoms with Crippen molar-refractivity contribution in [2.45, 2.75) is 38.1 Å². The lowest BCUT2D eigenvalue weighted by molar-refractivity contribution is -0.117. The summed E-state index contributed by atoms with van der Waals surface area (Å²) < 4.78 is 11.3. The number of benzene rings is 2. The van der Waals surface area contributed by atoms with Gasteiger partial charge < -0.3 is 20.1 Å². The van der Waals surface area contributed by atoms with E-state index in [9.17, 15) is 4.79 Å². The standard InChI is InChI=1S/C23H28Cl2N2O3/c1-15-4-7-21(29-3)18(12-15)23(8-10-30-11-9-23)14-26-16(2)22(28)27-20-13-17(24)5-6-19(20)25/h4-7,12-13,16,26H,8-11,14H2,1-3H3,(H,27,28). The number of halogens is 2. The highest BCUT2D eigenvalue weighted by molar-refractivity contribution is 6.35. The number of hydrogen-bond donors (Lipinski definition) is 2. The molecule has 0 aromatic heterocycles. The lowest BCUT2D eigenvalue weighted by Crippen LogP contribution is -2.48. The van der Waals surface area contributed by atoms with Crippen molar-refractivity contribution >= 4 is 34.8 Å². The van der Waals surface area contributed by atoms with Gasteiger partial charge >= 0.3 is 0 Å². The number of aryl methyl sites for hydroxylation is 1. The SMILES string of the molecule is COc1ccc(C)cc1C1(CNC(C)C(=O)Nc2cc(Cl)ccc2Cl)CCOCC1. The van der Waals surface area contributed by atoms with Crippen molar-refractivity contribution < 1.29 is 14.3 Å². The van der Waals surface area contributed by atoms with Crippen molar-refractivity contribution in [1.82, 2.24) is 5.32 Å². The number of nitrogens with one attached hydrogen (secondary N) is 2. The number of anilines is 1. The summed E-state index contributed by atoms with van der Waals surface area (Å²) in [6, 6.07) is 10.8. The molecule has 162 valence electrons. The number of methoxy groups -OCH3 is 1. The van der Waals surface area contributed by atoms with Crippen LogP contribution >= 0.6 is 23.2 Å². The highest BCUT2D eigenvalue weighted by Gasteiger charge is 2.37. The number of ether oxygens (including phenoxy) is 2. The highest BCUT2D eigenvalue weighted by atomic mass is 35.5. The number of carbonyl (C=O) groups is 1. The Bertz CT molecular complexity index is 898. The maximum absolute atomic E-state index is 12.7. The van der Waals surface area contributed by atoms with Gasteiger partial charge in [0.25, 0.3) is 0 Å². The van der Waals surface area contributed by atoms with E-state index in [0.717, 1.165) is 24.2 Å². The predicted molar refractivity (Wildman–Crippen MR) is 122 cm³/mol. The molecule has 5 nitrogen and oxygen atoms in total. The Balaban J connectivity index is 1.75. The van der Waals surface area contributed by atoms with Gasteiger partial charge in [-0.1, -0.05) is 40.9 Å². The molecule has 1 unspecified atom stereocenters. The largest absolute Gasteiger partial charge is 0.496 e. The third-order valence-electron chi connectivity index (χ3n) is 5.70. The first-order valence-electron chi connectivity index (χ1n) is 10.1. The van der Waals surface area contributed by atoms with Crippen LogP contribution in [0.15, 0.2) is 36.4 Å². The second kappa shape index (κ2) is 10.0. The van der Waals surface area contributed by atoms with Crippen molar-refractivity contribution in [2.24, 2.45) is 0 Å². The van der Waals surface area contributed by atoms with Crippen molar-refractivity contribution in [3.8, 4) is 5.75 Å². The van der Waals surface area contributed by atoms with E-state index in [0.29, 0.717) is 35.5 Å². The van der Waals surface area contributed by atoms with Gasteiger partial charge in [0, 0.05) is 35.8 Å². The summed E-state index contributed by atoms with van der Waals surface area (Å²) in [5.74, 6) is 0.699. The minimum Gasteiger partial charge on any atom is -0.496 e. The first-order valence-corrected chi connectivity index (χ1v) is 10.8. The monoisotopic (exact) mass is 450 g/mol. The molecule has 1 amide bonds. The quantitative estimate of drug-likeness (QED) is 0.624. The summed E-state index contributed by atoms with van der Waals surface area (Å²) in [4.78, 5) is 12.7. The van der Waals surface area contributed by atoms with Gasteiger partial charge in [-0.2, -0.15) is 0 Å². The summed E-state index contributed by atoms with van der Waals surface area (Å²) in [6.45, 7) is 5.91. The minimum atomic E-state index is -0.421. The highest BCUT2D eigenvalue weighted by Crippen LogP contribution is 2.40. The van der Waals surface area contributed by atoms with Crippen LogP contribution in [0.3, 0.4) is 0 Å². The summed E-state index contributed by atoms with van der Waals surface area (Å²) >= 11 is 12.2. The molecule has 1 fully saturated rings. The Hall–Kier alpha value is -1.79. The number of hydrogen-bond acceptors (Lipinski definition) is 4. The molecule has 0 spiro atoms. The van der Waals surface area contributed by atoms with Crippen LogP contribution in [-0.2, 0) is 14.9 Å². The van der Waals surface area contributed by atoms with Crippen molar-refractivity contribution in [3.63, 3.8) is 0 Å². The van der Waals surface area contributed by atoms with Crippen LogP contribution in [0.25, 0.3) is 0 Å². The predicted octanol–water partition coefficient (Wildman–Crippen LogP) is 4.98. The third kappa shape index (κ3) is 5.27. The fraction of sp³-hybridized carbons (Fsp3) is 0.435. The van der Waals surface area contributed by atoms with Crippen LogP contribution in [-0.4, -0.2) is 38.8 Å². The molecule has 3 rings (SSSR count). The molecule has 2 N–H and O–H groups in total. The Morgan fingerprint density at radius 3 is 2.63 bits per heavy atom. The molecule has 0 aliphatic carbocycles. The second-order valence-corrected chi connectivity index (χ2v) is 8.66.